The highest BCUT2D eigenvalue weighted by atomic mass is 15.0. The third-order valence-electron chi connectivity index (χ3n) is 9.01. The number of aromatic nitrogens is 4. The summed E-state index contributed by atoms with van der Waals surface area (Å²) in [5.41, 5.74) is 7.35. The van der Waals surface area contributed by atoms with Crippen LogP contribution in [0.5, 0.6) is 0 Å². The molecule has 0 aliphatic carbocycles. The predicted octanol–water partition coefficient (Wildman–Crippen LogP) is 11.1. The molecule has 0 radical (unpaired) electrons. The average Bonchev–Trinajstić information content (AvgIpc) is 3.17. The lowest BCUT2D eigenvalue weighted by Crippen LogP contribution is -2.00. The van der Waals surface area contributed by atoms with Crippen molar-refractivity contribution in [3.63, 3.8) is 0 Å². The predicted molar refractivity (Wildman–Crippen MR) is 197 cm³/mol. The van der Waals surface area contributed by atoms with Crippen molar-refractivity contribution >= 4 is 32.3 Å². The molecule has 4 nitrogen and oxygen atoms in total. The second-order valence-corrected chi connectivity index (χ2v) is 11.9. The average molecular weight is 613 g/mol. The van der Waals surface area contributed by atoms with Crippen molar-refractivity contribution in [3.8, 4) is 56.4 Å². The van der Waals surface area contributed by atoms with Gasteiger partial charge in [0.05, 0.1) is 0 Å². The zero-order chi connectivity index (χ0) is 31.9. The Labute approximate surface area is 278 Å². The Kier molecular flexibility index (Phi) is 6.76. The second-order valence-electron chi connectivity index (χ2n) is 11.9. The highest BCUT2D eigenvalue weighted by molar-refractivity contribution is 6.20. The molecule has 0 atom stereocenters. The smallest absolute Gasteiger partial charge is 0.164 e. The van der Waals surface area contributed by atoms with Crippen LogP contribution in [0, 0.1) is 0 Å². The number of hydrogen-bond donors (Lipinski definition) is 0. The number of benzene rings is 7. The molecule has 9 rings (SSSR count). The van der Waals surface area contributed by atoms with Crippen LogP contribution in [0.25, 0.3) is 88.7 Å². The van der Waals surface area contributed by atoms with Crippen molar-refractivity contribution in [1.29, 1.82) is 0 Å². The van der Waals surface area contributed by atoms with Gasteiger partial charge in [-0.1, -0.05) is 146 Å². The van der Waals surface area contributed by atoms with Gasteiger partial charge >= 0.3 is 0 Å². The van der Waals surface area contributed by atoms with Crippen LogP contribution in [-0.4, -0.2) is 19.9 Å². The summed E-state index contributed by atoms with van der Waals surface area (Å²) in [6.45, 7) is 0. The van der Waals surface area contributed by atoms with Crippen LogP contribution in [0.3, 0.4) is 0 Å². The Bertz CT molecular complexity index is 2580. The molecule has 9 aromatic rings. The van der Waals surface area contributed by atoms with Crippen molar-refractivity contribution in [2.24, 2.45) is 0 Å². The topological polar surface area (TPSA) is 51.6 Å². The molecule has 48 heavy (non-hydrogen) atoms. The van der Waals surface area contributed by atoms with Gasteiger partial charge in [-0.3, -0.25) is 4.98 Å². The van der Waals surface area contributed by atoms with E-state index < -0.39 is 0 Å². The Hall–Kier alpha value is -6.52. The van der Waals surface area contributed by atoms with Crippen LogP contribution in [0.4, 0.5) is 0 Å². The van der Waals surface area contributed by atoms with Gasteiger partial charge in [0, 0.05) is 29.1 Å². The van der Waals surface area contributed by atoms with Crippen LogP contribution in [0.1, 0.15) is 0 Å². The van der Waals surface area contributed by atoms with Crippen LogP contribution in [-0.2, 0) is 0 Å². The van der Waals surface area contributed by atoms with E-state index in [9.17, 15) is 0 Å². The summed E-state index contributed by atoms with van der Waals surface area (Å²) in [7, 11) is 0. The summed E-state index contributed by atoms with van der Waals surface area (Å²) < 4.78 is 0. The van der Waals surface area contributed by atoms with Crippen LogP contribution in [0.2, 0.25) is 0 Å². The molecule has 0 spiro atoms. The summed E-state index contributed by atoms with van der Waals surface area (Å²) in [5, 5.41) is 7.46. The molecule has 0 unspecified atom stereocenters. The van der Waals surface area contributed by atoms with Gasteiger partial charge in [0.1, 0.15) is 0 Å². The van der Waals surface area contributed by atoms with E-state index in [2.05, 4.69) is 126 Å². The Balaban J connectivity index is 1.17. The first kappa shape index (κ1) is 27.8. The third-order valence-corrected chi connectivity index (χ3v) is 9.01. The number of nitrogens with zero attached hydrogens (tertiary/aromatic N) is 4. The highest BCUT2D eigenvalue weighted by Gasteiger charge is 2.15. The number of pyridine rings is 1. The fourth-order valence-corrected chi connectivity index (χ4v) is 6.61. The molecule has 2 aromatic heterocycles. The van der Waals surface area contributed by atoms with Crippen LogP contribution in [0.15, 0.2) is 170 Å². The fourth-order valence-electron chi connectivity index (χ4n) is 6.61. The van der Waals surface area contributed by atoms with E-state index in [1.807, 2.05) is 42.6 Å². The first-order valence-electron chi connectivity index (χ1n) is 16.0. The van der Waals surface area contributed by atoms with Crippen molar-refractivity contribution in [1.82, 2.24) is 19.9 Å². The molecule has 0 saturated heterocycles. The molecule has 0 amide bonds. The Morgan fingerprint density at radius 2 is 0.854 bits per heavy atom. The minimum Gasteiger partial charge on any atom is -0.264 e. The van der Waals surface area contributed by atoms with E-state index in [0.29, 0.717) is 17.5 Å². The Morgan fingerprint density at radius 1 is 0.312 bits per heavy atom. The first-order valence-corrected chi connectivity index (χ1v) is 16.0. The van der Waals surface area contributed by atoms with Gasteiger partial charge in [-0.15, -0.1) is 0 Å². The van der Waals surface area contributed by atoms with Gasteiger partial charge < -0.3 is 0 Å². The van der Waals surface area contributed by atoms with Crippen molar-refractivity contribution < 1.29 is 0 Å². The highest BCUT2D eigenvalue weighted by Crippen LogP contribution is 2.40. The van der Waals surface area contributed by atoms with Gasteiger partial charge in [-0.2, -0.15) is 0 Å². The van der Waals surface area contributed by atoms with E-state index in [-0.39, 0.29) is 0 Å². The molecule has 2 heterocycles. The molecule has 0 aliphatic heterocycles. The van der Waals surface area contributed by atoms with Gasteiger partial charge in [-0.05, 0) is 66.7 Å². The summed E-state index contributed by atoms with van der Waals surface area (Å²) in [4.78, 5) is 19.2. The maximum absolute atomic E-state index is 5.00. The van der Waals surface area contributed by atoms with Crippen molar-refractivity contribution in [2.75, 3.05) is 0 Å². The Morgan fingerprint density at radius 3 is 1.52 bits per heavy atom. The molecule has 7 aromatic carbocycles. The molecule has 4 heteroatoms. The van der Waals surface area contributed by atoms with Gasteiger partial charge in [0.2, 0.25) is 0 Å². The summed E-state index contributed by atoms with van der Waals surface area (Å²) in [6.07, 6.45) is 3.66. The lowest BCUT2D eigenvalue weighted by Gasteiger charge is -2.14. The standard InChI is InChI=1S/C44H28N4/c1-2-10-32(11-3-1)42-46-43(33-20-16-29(17-21-33)36-13-8-26-45-28-36)48-44(47-42)34-22-18-31(19-23-34)41-38-15-7-5-12-35(38)27-40-37-14-6-4-9-30(37)24-25-39(40)41/h1-28H. The van der Waals surface area contributed by atoms with Crippen molar-refractivity contribution in [2.45, 2.75) is 0 Å². The van der Waals surface area contributed by atoms with Gasteiger partial charge in [0.25, 0.3) is 0 Å². The SMILES string of the molecule is c1ccc(-c2nc(-c3ccc(-c4cccnc4)cc3)nc(-c3ccc(-c4c5ccccc5cc5c4ccc4ccccc45)cc3)n2)cc1. The molecule has 0 N–H and O–H groups in total. The molecule has 0 fully saturated rings. The van der Waals surface area contributed by atoms with E-state index in [0.717, 1.165) is 33.4 Å². The molecular formula is C44H28N4. The molecular weight excluding hydrogens is 585 g/mol. The molecule has 0 aliphatic rings. The number of rotatable bonds is 5. The normalized spacial score (nSPS) is 11.3. The van der Waals surface area contributed by atoms with Crippen LogP contribution < -0.4 is 0 Å². The van der Waals surface area contributed by atoms with E-state index in [4.69, 9.17) is 15.0 Å². The molecule has 0 saturated carbocycles. The van der Waals surface area contributed by atoms with Gasteiger partial charge in [0.15, 0.2) is 17.5 Å². The number of fused-ring (bicyclic) bond motifs is 4. The zero-order valence-electron chi connectivity index (χ0n) is 26.0. The zero-order valence-corrected chi connectivity index (χ0v) is 26.0. The second kappa shape index (κ2) is 11.7. The maximum Gasteiger partial charge on any atom is 0.164 e. The minimum atomic E-state index is 0.632. The third kappa shape index (κ3) is 4.97. The minimum absolute atomic E-state index is 0.632. The van der Waals surface area contributed by atoms with E-state index in [1.54, 1.807) is 6.20 Å². The largest absolute Gasteiger partial charge is 0.264 e. The summed E-state index contributed by atoms with van der Waals surface area (Å²) in [6, 6.07) is 55.1. The lowest BCUT2D eigenvalue weighted by molar-refractivity contribution is 1.07. The monoisotopic (exact) mass is 612 g/mol. The quantitative estimate of drug-likeness (QED) is 0.143. The summed E-state index contributed by atoms with van der Waals surface area (Å²) >= 11 is 0. The summed E-state index contributed by atoms with van der Waals surface area (Å²) in [5.74, 6) is 1.91. The van der Waals surface area contributed by atoms with E-state index >= 15 is 0 Å². The number of hydrogen-bond acceptors (Lipinski definition) is 4. The fraction of sp³-hybridized carbons (Fsp3) is 0. The van der Waals surface area contributed by atoms with Crippen LogP contribution >= 0.6 is 0 Å². The van der Waals surface area contributed by atoms with Crippen molar-refractivity contribution in [3.05, 3.63) is 170 Å². The molecule has 224 valence electrons. The van der Waals surface area contributed by atoms with Gasteiger partial charge in [-0.25, -0.2) is 15.0 Å². The van der Waals surface area contributed by atoms with E-state index in [1.165, 1.54) is 37.9 Å². The maximum atomic E-state index is 5.00. The first-order chi connectivity index (χ1) is 23.8. The lowest BCUT2D eigenvalue weighted by atomic mass is 9.89. The molecule has 0 bridgehead atoms.